The Kier molecular flexibility index (Phi) is 8.35. The number of carbonyl (C=O) groups excluding carboxylic acids is 2. The molecule has 0 aliphatic carbocycles. The van der Waals surface area contributed by atoms with Crippen molar-refractivity contribution < 1.29 is 14.3 Å². The van der Waals surface area contributed by atoms with E-state index in [1.165, 1.54) is 17.3 Å². The average Bonchev–Trinajstić information content (AvgIpc) is 2.70. The van der Waals surface area contributed by atoms with Crippen molar-refractivity contribution in [2.75, 3.05) is 12.9 Å². The number of hydrogen-bond donors (Lipinski definition) is 1. The van der Waals surface area contributed by atoms with Crippen LogP contribution in [-0.2, 0) is 16.1 Å². The van der Waals surface area contributed by atoms with Crippen LogP contribution in [0.2, 0.25) is 0 Å². The van der Waals surface area contributed by atoms with Gasteiger partial charge in [-0.3, -0.25) is 9.59 Å². The topological polar surface area (TPSA) is 58.6 Å². The largest absolute Gasteiger partial charge is 0.497 e. The summed E-state index contributed by atoms with van der Waals surface area (Å²) in [6.45, 7) is 9.96. The van der Waals surface area contributed by atoms with Crippen LogP contribution in [0.5, 0.6) is 5.75 Å². The lowest BCUT2D eigenvalue weighted by Crippen LogP contribution is -2.52. The SMILES string of the molecule is COc1ccc(CN(C(=O)CSc2ccc(C)cc2)C(C)C(=O)NC(C)(C)C)cc1. The van der Waals surface area contributed by atoms with Gasteiger partial charge < -0.3 is 15.0 Å². The third kappa shape index (κ3) is 7.41. The number of rotatable bonds is 8. The van der Waals surface area contributed by atoms with Crippen molar-refractivity contribution in [2.24, 2.45) is 0 Å². The third-order valence-corrected chi connectivity index (χ3v) is 5.56. The van der Waals surface area contributed by atoms with Crippen LogP contribution in [0, 0.1) is 6.92 Å². The Balaban J connectivity index is 2.16. The van der Waals surface area contributed by atoms with Gasteiger partial charge in [0.1, 0.15) is 11.8 Å². The number of aryl methyl sites for hydroxylation is 1. The zero-order valence-electron chi connectivity index (χ0n) is 18.7. The standard InChI is InChI=1S/C24H32N2O3S/c1-17-7-13-21(14-8-17)30-16-22(27)26(18(2)23(28)25-24(3,4)5)15-19-9-11-20(29-6)12-10-19/h7-14,18H,15-16H2,1-6H3,(H,25,28). The maximum atomic E-state index is 13.1. The molecule has 2 aromatic rings. The first-order chi connectivity index (χ1) is 14.1. The smallest absolute Gasteiger partial charge is 0.242 e. The number of nitrogens with zero attached hydrogens (tertiary/aromatic N) is 1. The highest BCUT2D eigenvalue weighted by Crippen LogP contribution is 2.21. The second kappa shape index (κ2) is 10.5. The van der Waals surface area contributed by atoms with Crippen LogP contribution in [0.25, 0.3) is 0 Å². The molecule has 0 fully saturated rings. The summed E-state index contributed by atoms with van der Waals surface area (Å²) in [6, 6.07) is 15.0. The molecule has 0 saturated heterocycles. The molecule has 0 aliphatic rings. The second-order valence-electron chi connectivity index (χ2n) is 8.39. The van der Waals surface area contributed by atoms with Crippen LogP contribution in [0.3, 0.4) is 0 Å². The number of benzene rings is 2. The Hall–Kier alpha value is -2.47. The number of carbonyl (C=O) groups is 2. The molecule has 1 unspecified atom stereocenters. The fraction of sp³-hybridized carbons (Fsp3) is 0.417. The molecule has 0 aliphatic heterocycles. The molecule has 0 radical (unpaired) electrons. The van der Waals surface area contributed by atoms with E-state index < -0.39 is 6.04 Å². The molecule has 0 spiro atoms. The van der Waals surface area contributed by atoms with Crippen LogP contribution in [0.1, 0.15) is 38.8 Å². The minimum absolute atomic E-state index is 0.0760. The number of methoxy groups -OCH3 is 1. The Morgan fingerprint density at radius 3 is 2.20 bits per heavy atom. The van der Waals surface area contributed by atoms with E-state index in [1.54, 1.807) is 18.9 Å². The van der Waals surface area contributed by atoms with Crippen molar-refractivity contribution in [1.82, 2.24) is 10.2 Å². The maximum Gasteiger partial charge on any atom is 0.242 e. The van der Waals surface area contributed by atoms with E-state index in [-0.39, 0.29) is 23.1 Å². The molecule has 2 aromatic carbocycles. The number of ether oxygens (including phenoxy) is 1. The predicted molar refractivity (Wildman–Crippen MR) is 123 cm³/mol. The molecule has 162 valence electrons. The summed E-state index contributed by atoms with van der Waals surface area (Å²) in [5.74, 6) is 0.787. The summed E-state index contributed by atoms with van der Waals surface area (Å²) in [6.07, 6.45) is 0. The van der Waals surface area contributed by atoms with Gasteiger partial charge in [-0.05, 0) is 64.4 Å². The molecule has 6 heteroatoms. The van der Waals surface area contributed by atoms with Crippen molar-refractivity contribution >= 4 is 23.6 Å². The lowest BCUT2D eigenvalue weighted by molar-refractivity contribution is -0.139. The maximum absolute atomic E-state index is 13.1. The summed E-state index contributed by atoms with van der Waals surface area (Å²) in [7, 11) is 1.62. The Bertz CT molecular complexity index is 842. The zero-order valence-corrected chi connectivity index (χ0v) is 19.5. The average molecular weight is 429 g/mol. The van der Waals surface area contributed by atoms with Crippen LogP contribution < -0.4 is 10.1 Å². The Labute approximate surface area is 184 Å². The van der Waals surface area contributed by atoms with Gasteiger partial charge in [0, 0.05) is 17.0 Å². The first kappa shape index (κ1) is 23.8. The van der Waals surface area contributed by atoms with Crippen molar-refractivity contribution in [3.63, 3.8) is 0 Å². The van der Waals surface area contributed by atoms with E-state index in [9.17, 15) is 9.59 Å². The molecule has 0 saturated carbocycles. The van der Waals surface area contributed by atoms with E-state index >= 15 is 0 Å². The number of amides is 2. The fourth-order valence-electron chi connectivity index (χ4n) is 2.85. The zero-order chi connectivity index (χ0) is 22.3. The van der Waals surface area contributed by atoms with Crippen LogP contribution in [-0.4, -0.2) is 41.2 Å². The van der Waals surface area contributed by atoms with Gasteiger partial charge in [0.2, 0.25) is 11.8 Å². The first-order valence-corrected chi connectivity index (χ1v) is 11.0. The Morgan fingerprint density at radius 2 is 1.67 bits per heavy atom. The molecule has 2 amide bonds. The lowest BCUT2D eigenvalue weighted by atomic mass is 10.1. The summed E-state index contributed by atoms with van der Waals surface area (Å²) in [4.78, 5) is 28.6. The lowest BCUT2D eigenvalue weighted by Gasteiger charge is -2.31. The highest BCUT2D eigenvalue weighted by Gasteiger charge is 2.28. The molecule has 2 rings (SSSR count). The molecule has 1 N–H and O–H groups in total. The van der Waals surface area contributed by atoms with Crippen molar-refractivity contribution in [3.05, 3.63) is 59.7 Å². The molecular weight excluding hydrogens is 396 g/mol. The minimum atomic E-state index is -0.586. The first-order valence-electron chi connectivity index (χ1n) is 10.0. The van der Waals surface area contributed by atoms with Gasteiger partial charge in [0.25, 0.3) is 0 Å². The highest BCUT2D eigenvalue weighted by molar-refractivity contribution is 8.00. The predicted octanol–water partition coefficient (Wildman–Crippen LogP) is 4.43. The van der Waals surface area contributed by atoms with Gasteiger partial charge in [-0.2, -0.15) is 0 Å². The third-order valence-electron chi connectivity index (χ3n) is 4.56. The molecule has 5 nitrogen and oxygen atoms in total. The second-order valence-corrected chi connectivity index (χ2v) is 9.44. The van der Waals surface area contributed by atoms with E-state index in [0.29, 0.717) is 6.54 Å². The summed E-state index contributed by atoms with van der Waals surface area (Å²) >= 11 is 1.48. The quantitative estimate of drug-likeness (QED) is 0.632. The summed E-state index contributed by atoms with van der Waals surface area (Å²) < 4.78 is 5.21. The van der Waals surface area contributed by atoms with E-state index in [4.69, 9.17) is 4.74 Å². The van der Waals surface area contributed by atoms with Crippen LogP contribution in [0.4, 0.5) is 0 Å². The van der Waals surface area contributed by atoms with E-state index in [2.05, 4.69) is 5.32 Å². The van der Waals surface area contributed by atoms with Crippen molar-refractivity contribution in [3.8, 4) is 5.75 Å². The van der Waals surface area contributed by atoms with Gasteiger partial charge in [-0.15, -0.1) is 11.8 Å². The van der Waals surface area contributed by atoms with Gasteiger partial charge in [-0.1, -0.05) is 29.8 Å². The van der Waals surface area contributed by atoms with E-state index in [0.717, 1.165) is 16.2 Å². The minimum Gasteiger partial charge on any atom is -0.497 e. The monoisotopic (exact) mass is 428 g/mol. The van der Waals surface area contributed by atoms with Crippen LogP contribution in [0.15, 0.2) is 53.4 Å². The van der Waals surface area contributed by atoms with Crippen molar-refractivity contribution in [1.29, 1.82) is 0 Å². The molecular formula is C24H32N2O3S. The number of thioether (sulfide) groups is 1. The summed E-state index contributed by atoms with van der Waals surface area (Å²) in [5.41, 5.74) is 1.76. The highest BCUT2D eigenvalue weighted by atomic mass is 32.2. The molecule has 1 atom stereocenters. The van der Waals surface area contributed by atoms with Crippen molar-refractivity contribution in [2.45, 2.75) is 57.6 Å². The number of hydrogen-bond acceptors (Lipinski definition) is 4. The normalized spacial score (nSPS) is 12.2. The summed E-state index contributed by atoms with van der Waals surface area (Å²) in [5, 5.41) is 2.98. The van der Waals surface area contributed by atoms with Gasteiger partial charge in [0.15, 0.2) is 0 Å². The van der Waals surface area contributed by atoms with Gasteiger partial charge in [-0.25, -0.2) is 0 Å². The number of nitrogens with one attached hydrogen (secondary N) is 1. The molecule has 0 bridgehead atoms. The van der Waals surface area contributed by atoms with Gasteiger partial charge >= 0.3 is 0 Å². The van der Waals surface area contributed by atoms with Gasteiger partial charge in [0.05, 0.1) is 12.9 Å². The molecule has 0 aromatic heterocycles. The van der Waals surface area contributed by atoms with E-state index in [1.807, 2.05) is 76.2 Å². The molecule has 30 heavy (non-hydrogen) atoms. The fourth-order valence-corrected chi connectivity index (χ4v) is 3.63. The Morgan fingerprint density at radius 1 is 1.07 bits per heavy atom. The molecule has 0 heterocycles. The van der Waals surface area contributed by atoms with Crippen LogP contribution >= 0.6 is 11.8 Å².